The molecule has 1 heterocycles. The van der Waals surface area contributed by atoms with E-state index in [2.05, 4.69) is 20.9 Å². The van der Waals surface area contributed by atoms with E-state index < -0.39 is 0 Å². The van der Waals surface area contributed by atoms with E-state index in [1.54, 1.807) is 37.6 Å². The van der Waals surface area contributed by atoms with Gasteiger partial charge in [-0.1, -0.05) is 12.1 Å². The standard InChI is InChI=1S/C19H18N4O2/c1-20-19(25)14-3-2-4-16(10-14)22-12-18(24)23-17-6-5-15-11-21-8-7-13(15)9-17/h2-11,22H,12H2,1H3,(H,20,25)(H,23,24). The van der Waals surface area contributed by atoms with Crippen LogP contribution in [0.5, 0.6) is 0 Å². The van der Waals surface area contributed by atoms with Gasteiger partial charge in [-0.05, 0) is 41.8 Å². The van der Waals surface area contributed by atoms with Crippen molar-refractivity contribution in [3.8, 4) is 0 Å². The summed E-state index contributed by atoms with van der Waals surface area (Å²) in [6.07, 6.45) is 3.50. The highest BCUT2D eigenvalue weighted by Crippen LogP contribution is 2.18. The smallest absolute Gasteiger partial charge is 0.251 e. The zero-order valence-electron chi connectivity index (χ0n) is 13.7. The molecule has 3 N–H and O–H groups in total. The molecule has 0 aliphatic carbocycles. The van der Waals surface area contributed by atoms with Crippen molar-refractivity contribution in [2.24, 2.45) is 0 Å². The number of fused-ring (bicyclic) bond motifs is 1. The predicted octanol–water partition coefficient (Wildman–Crippen LogP) is 2.65. The van der Waals surface area contributed by atoms with Crippen LogP contribution >= 0.6 is 0 Å². The number of benzene rings is 2. The fraction of sp³-hybridized carbons (Fsp3) is 0.105. The number of nitrogens with one attached hydrogen (secondary N) is 3. The number of anilines is 2. The van der Waals surface area contributed by atoms with Crippen LogP contribution in [0.4, 0.5) is 11.4 Å². The lowest BCUT2D eigenvalue weighted by molar-refractivity contribution is -0.114. The third-order valence-corrected chi connectivity index (χ3v) is 3.73. The molecule has 25 heavy (non-hydrogen) atoms. The molecule has 3 rings (SSSR count). The summed E-state index contributed by atoms with van der Waals surface area (Å²) < 4.78 is 0. The molecule has 0 saturated heterocycles. The maximum absolute atomic E-state index is 12.1. The summed E-state index contributed by atoms with van der Waals surface area (Å²) in [5, 5.41) is 10.5. The molecule has 6 heteroatoms. The van der Waals surface area contributed by atoms with Gasteiger partial charge in [0.1, 0.15) is 0 Å². The van der Waals surface area contributed by atoms with Crippen LogP contribution in [0.2, 0.25) is 0 Å². The van der Waals surface area contributed by atoms with Crippen molar-refractivity contribution < 1.29 is 9.59 Å². The van der Waals surface area contributed by atoms with E-state index in [1.807, 2.05) is 30.3 Å². The Morgan fingerprint density at radius 2 is 1.88 bits per heavy atom. The predicted molar refractivity (Wildman–Crippen MR) is 98.7 cm³/mol. The Hall–Kier alpha value is -3.41. The van der Waals surface area contributed by atoms with Gasteiger partial charge in [0.2, 0.25) is 5.91 Å². The average molecular weight is 334 g/mol. The molecule has 1 aromatic heterocycles. The molecular formula is C19H18N4O2. The van der Waals surface area contributed by atoms with Crippen molar-refractivity contribution in [3.05, 3.63) is 66.5 Å². The number of nitrogens with zero attached hydrogens (tertiary/aromatic N) is 1. The Kier molecular flexibility index (Phi) is 4.89. The Balaban J connectivity index is 1.61. The van der Waals surface area contributed by atoms with Gasteiger partial charge < -0.3 is 16.0 Å². The van der Waals surface area contributed by atoms with E-state index in [1.165, 1.54) is 0 Å². The number of hydrogen-bond donors (Lipinski definition) is 3. The zero-order chi connectivity index (χ0) is 17.6. The van der Waals surface area contributed by atoms with Gasteiger partial charge in [0, 0.05) is 41.8 Å². The molecule has 0 aliphatic rings. The first kappa shape index (κ1) is 16.4. The van der Waals surface area contributed by atoms with Gasteiger partial charge in [-0.3, -0.25) is 14.6 Å². The van der Waals surface area contributed by atoms with Crippen molar-refractivity contribution in [3.63, 3.8) is 0 Å². The molecule has 126 valence electrons. The number of carbonyl (C=O) groups is 2. The van der Waals surface area contributed by atoms with Crippen LogP contribution in [0, 0.1) is 0 Å². The Labute approximate surface area is 145 Å². The van der Waals surface area contributed by atoms with Gasteiger partial charge in [-0.25, -0.2) is 0 Å². The molecule has 0 unspecified atom stereocenters. The van der Waals surface area contributed by atoms with Crippen molar-refractivity contribution >= 4 is 34.0 Å². The zero-order valence-corrected chi connectivity index (χ0v) is 13.7. The molecule has 0 fully saturated rings. The molecule has 0 radical (unpaired) electrons. The highest BCUT2D eigenvalue weighted by Gasteiger charge is 2.06. The fourth-order valence-corrected chi connectivity index (χ4v) is 2.46. The third-order valence-electron chi connectivity index (χ3n) is 3.73. The lowest BCUT2D eigenvalue weighted by Gasteiger charge is -2.09. The van der Waals surface area contributed by atoms with Gasteiger partial charge in [-0.2, -0.15) is 0 Å². The Morgan fingerprint density at radius 1 is 1.00 bits per heavy atom. The maximum Gasteiger partial charge on any atom is 0.251 e. The van der Waals surface area contributed by atoms with Crippen LogP contribution in [0.3, 0.4) is 0 Å². The molecular weight excluding hydrogens is 316 g/mol. The normalized spacial score (nSPS) is 10.3. The number of amides is 2. The van der Waals surface area contributed by atoms with Gasteiger partial charge in [0.05, 0.1) is 6.54 Å². The number of pyridine rings is 1. The maximum atomic E-state index is 12.1. The second kappa shape index (κ2) is 7.44. The number of carbonyl (C=O) groups excluding carboxylic acids is 2. The van der Waals surface area contributed by atoms with Crippen molar-refractivity contribution in [2.75, 3.05) is 24.2 Å². The summed E-state index contributed by atoms with van der Waals surface area (Å²) in [6, 6.07) is 14.6. The molecule has 2 amide bonds. The largest absolute Gasteiger partial charge is 0.376 e. The Bertz CT molecular complexity index is 924. The van der Waals surface area contributed by atoms with Crippen LogP contribution in [0.1, 0.15) is 10.4 Å². The van der Waals surface area contributed by atoms with Crippen LogP contribution in [-0.4, -0.2) is 30.4 Å². The summed E-state index contributed by atoms with van der Waals surface area (Å²) in [6.45, 7) is 0.103. The van der Waals surface area contributed by atoms with Crippen LogP contribution in [0.15, 0.2) is 60.9 Å². The molecule has 3 aromatic rings. The SMILES string of the molecule is CNC(=O)c1cccc(NCC(=O)Nc2ccc3cnccc3c2)c1. The topological polar surface area (TPSA) is 83.1 Å². The van der Waals surface area contributed by atoms with E-state index in [0.29, 0.717) is 11.3 Å². The van der Waals surface area contributed by atoms with Crippen LogP contribution in [-0.2, 0) is 4.79 Å². The van der Waals surface area contributed by atoms with Crippen molar-refractivity contribution in [2.45, 2.75) is 0 Å². The number of aromatic nitrogens is 1. The molecule has 2 aromatic carbocycles. The van der Waals surface area contributed by atoms with Gasteiger partial charge in [0.15, 0.2) is 0 Å². The molecule has 0 bridgehead atoms. The summed E-state index contributed by atoms with van der Waals surface area (Å²) in [5.41, 5.74) is 1.97. The lowest BCUT2D eigenvalue weighted by Crippen LogP contribution is -2.22. The first-order chi connectivity index (χ1) is 12.2. The monoisotopic (exact) mass is 334 g/mol. The fourth-order valence-electron chi connectivity index (χ4n) is 2.46. The van der Waals surface area contributed by atoms with Gasteiger partial charge >= 0.3 is 0 Å². The first-order valence-corrected chi connectivity index (χ1v) is 7.85. The minimum absolute atomic E-state index is 0.103. The van der Waals surface area contributed by atoms with E-state index in [9.17, 15) is 9.59 Å². The van der Waals surface area contributed by atoms with Gasteiger partial charge in [0.25, 0.3) is 5.91 Å². The molecule has 0 aliphatic heterocycles. The van der Waals surface area contributed by atoms with E-state index >= 15 is 0 Å². The Morgan fingerprint density at radius 3 is 2.72 bits per heavy atom. The number of rotatable bonds is 5. The van der Waals surface area contributed by atoms with Crippen LogP contribution in [0.25, 0.3) is 10.8 Å². The molecule has 0 saturated carbocycles. The van der Waals surface area contributed by atoms with Crippen molar-refractivity contribution in [1.29, 1.82) is 0 Å². The summed E-state index contributed by atoms with van der Waals surface area (Å²) >= 11 is 0. The summed E-state index contributed by atoms with van der Waals surface area (Å²) in [4.78, 5) is 27.8. The van der Waals surface area contributed by atoms with Crippen LogP contribution < -0.4 is 16.0 Å². The second-order valence-electron chi connectivity index (χ2n) is 5.50. The second-order valence-corrected chi connectivity index (χ2v) is 5.50. The minimum Gasteiger partial charge on any atom is -0.376 e. The first-order valence-electron chi connectivity index (χ1n) is 7.85. The number of hydrogen-bond acceptors (Lipinski definition) is 4. The molecule has 0 atom stereocenters. The minimum atomic E-state index is -0.168. The highest BCUT2D eigenvalue weighted by molar-refractivity contribution is 5.97. The summed E-state index contributed by atoms with van der Waals surface area (Å²) in [7, 11) is 1.58. The van der Waals surface area contributed by atoms with Crippen molar-refractivity contribution in [1.82, 2.24) is 10.3 Å². The van der Waals surface area contributed by atoms with Gasteiger partial charge in [-0.15, -0.1) is 0 Å². The average Bonchev–Trinajstić information content (AvgIpc) is 2.66. The third kappa shape index (κ3) is 4.11. The summed E-state index contributed by atoms with van der Waals surface area (Å²) in [5.74, 6) is -0.336. The van der Waals surface area contributed by atoms with E-state index in [-0.39, 0.29) is 18.4 Å². The van der Waals surface area contributed by atoms with E-state index in [4.69, 9.17) is 0 Å². The van der Waals surface area contributed by atoms with E-state index in [0.717, 1.165) is 16.5 Å². The quantitative estimate of drug-likeness (QED) is 0.670. The molecule has 6 nitrogen and oxygen atoms in total. The molecule has 0 spiro atoms. The lowest BCUT2D eigenvalue weighted by atomic mass is 10.1. The highest BCUT2D eigenvalue weighted by atomic mass is 16.2.